The summed E-state index contributed by atoms with van der Waals surface area (Å²) < 4.78 is 3.36. The van der Waals surface area contributed by atoms with Gasteiger partial charge in [-0.25, -0.2) is 9.97 Å². The van der Waals surface area contributed by atoms with E-state index in [1.165, 1.54) is 6.07 Å². The summed E-state index contributed by atoms with van der Waals surface area (Å²) in [4.78, 5) is 32.8. The average Bonchev–Trinajstić information content (AvgIpc) is 3.52. The number of nitro groups is 1. The second-order valence-electron chi connectivity index (χ2n) is 7.75. The molecule has 1 aliphatic carbocycles. The second-order valence-corrected chi connectivity index (χ2v) is 7.75. The van der Waals surface area contributed by atoms with Crippen LogP contribution in [0.25, 0.3) is 17.0 Å². The van der Waals surface area contributed by atoms with Gasteiger partial charge >= 0.3 is 5.82 Å². The Balaban J connectivity index is 1.43. The lowest BCUT2D eigenvalue weighted by Crippen LogP contribution is -2.16. The second kappa shape index (κ2) is 7.75. The molecule has 1 saturated carbocycles. The van der Waals surface area contributed by atoms with E-state index >= 15 is 0 Å². The number of aromatic nitrogens is 5. The molecule has 9 heteroatoms. The summed E-state index contributed by atoms with van der Waals surface area (Å²) in [5.41, 5.74) is 2.61. The number of rotatable bonds is 6. The van der Waals surface area contributed by atoms with Gasteiger partial charge in [0.05, 0.1) is 35.0 Å². The summed E-state index contributed by atoms with van der Waals surface area (Å²) >= 11 is 0. The van der Waals surface area contributed by atoms with Gasteiger partial charge in [0.25, 0.3) is 0 Å². The quantitative estimate of drug-likeness (QED) is 0.267. The van der Waals surface area contributed by atoms with Gasteiger partial charge in [-0.3, -0.25) is 9.20 Å². The first-order valence-corrected chi connectivity index (χ1v) is 10.3. The minimum atomic E-state index is -0.553. The van der Waals surface area contributed by atoms with Crippen molar-refractivity contribution in [2.24, 2.45) is 0 Å². The topological polar surface area (TPSA) is 108 Å². The number of nitrogens with zero attached hydrogens (tertiary/aromatic N) is 6. The number of carbonyl (C=O) groups is 1. The number of hydrogen-bond donors (Lipinski definition) is 0. The zero-order chi connectivity index (χ0) is 21.4. The first-order chi connectivity index (χ1) is 15.1. The van der Waals surface area contributed by atoms with Crippen LogP contribution in [0.15, 0.2) is 54.9 Å². The number of fused-ring (bicyclic) bond motifs is 1. The zero-order valence-corrected chi connectivity index (χ0v) is 16.7. The lowest BCUT2D eigenvalue weighted by molar-refractivity contribution is -0.389. The Kier molecular flexibility index (Phi) is 4.78. The third-order valence-electron chi connectivity index (χ3n) is 5.66. The fraction of sp³-hybridized carbons (Fsp3) is 0.273. The molecule has 0 aliphatic heterocycles. The molecule has 156 valence electrons. The zero-order valence-electron chi connectivity index (χ0n) is 16.7. The van der Waals surface area contributed by atoms with E-state index in [-0.39, 0.29) is 29.8 Å². The molecular weight excluding hydrogens is 396 g/mol. The minimum Gasteiger partial charge on any atom is -0.358 e. The summed E-state index contributed by atoms with van der Waals surface area (Å²) in [6.07, 6.45) is 7.56. The molecule has 4 aromatic rings. The van der Waals surface area contributed by atoms with Crippen molar-refractivity contribution in [2.45, 2.75) is 38.1 Å². The fourth-order valence-electron chi connectivity index (χ4n) is 4.12. The maximum absolute atomic E-state index is 13.0. The van der Waals surface area contributed by atoms with Crippen LogP contribution in [-0.4, -0.2) is 34.9 Å². The van der Waals surface area contributed by atoms with Gasteiger partial charge in [0, 0.05) is 18.0 Å². The van der Waals surface area contributed by atoms with Crippen LogP contribution < -0.4 is 0 Å². The van der Waals surface area contributed by atoms with Gasteiger partial charge in [-0.05, 0) is 23.8 Å². The smallest absolute Gasteiger partial charge is 0.358 e. The standard InChI is InChI=1S/C22H20N6O3/c29-20(19-13-21(28(30)31)25-27(19)17-8-4-5-9-17)12-16-10-11-26-14-18(24-22(26)23-16)15-6-2-1-3-7-15/h1-3,6-7,10-11,13-14,17H,4-5,8-9,12H2. The number of imidazole rings is 1. The van der Waals surface area contributed by atoms with E-state index < -0.39 is 4.92 Å². The molecule has 0 spiro atoms. The Hall–Kier alpha value is -3.88. The molecule has 1 aromatic carbocycles. The van der Waals surface area contributed by atoms with Crippen LogP contribution in [0.1, 0.15) is 47.9 Å². The summed E-state index contributed by atoms with van der Waals surface area (Å²) in [5, 5.41) is 15.3. The molecule has 1 aliphatic rings. The van der Waals surface area contributed by atoms with E-state index in [2.05, 4.69) is 15.1 Å². The van der Waals surface area contributed by atoms with E-state index in [0.29, 0.717) is 11.5 Å². The van der Waals surface area contributed by atoms with E-state index in [1.54, 1.807) is 10.7 Å². The normalized spacial score (nSPS) is 14.3. The fourth-order valence-corrected chi connectivity index (χ4v) is 4.12. The molecule has 3 aromatic heterocycles. The maximum atomic E-state index is 13.0. The maximum Gasteiger partial charge on any atom is 0.390 e. The molecular formula is C22H20N6O3. The van der Waals surface area contributed by atoms with E-state index in [9.17, 15) is 14.9 Å². The average molecular weight is 416 g/mol. The van der Waals surface area contributed by atoms with Crippen molar-refractivity contribution in [3.8, 4) is 11.3 Å². The molecule has 0 unspecified atom stereocenters. The van der Waals surface area contributed by atoms with E-state index in [0.717, 1.165) is 36.9 Å². The highest BCUT2D eigenvalue weighted by Crippen LogP contribution is 2.31. The number of ketones is 1. The number of benzene rings is 1. The molecule has 0 amide bonds. The molecule has 5 rings (SSSR count). The Bertz CT molecular complexity index is 1270. The summed E-state index contributed by atoms with van der Waals surface area (Å²) in [6.45, 7) is 0. The summed E-state index contributed by atoms with van der Waals surface area (Å²) in [7, 11) is 0. The Labute approximate surface area is 177 Å². The third kappa shape index (κ3) is 3.70. The molecule has 1 fully saturated rings. The van der Waals surface area contributed by atoms with Crippen molar-refractivity contribution in [3.63, 3.8) is 0 Å². The summed E-state index contributed by atoms with van der Waals surface area (Å²) in [5.74, 6) is -0.0296. The van der Waals surface area contributed by atoms with Gasteiger partial charge in [0.1, 0.15) is 5.69 Å². The predicted molar refractivity (Wildman–Crippen MR) is 113 cm³/mol. The highest BCUT2D eigenvalue weighted by atomic mass is 16.6. The highest BCUT2D eigenvalue weighted by Gasteiger charge is 2.30. The van der Waals surface area contributed by atoms with E-state index in [4.69, 9.17) is 0 Å². The molecule has 31 heavy (non-hydrogen) atoms. The highest BCUT2D eigenvalue weighted by molar-refractivity contribution is 5.96. The van der Waals surface area contributed by atoms with Crippen LogP contribution in [0.3, 0.4) is 0 Å². The van der Waals surface area contributed by atoms with Crippen molar-refractivity contribution in [3.05, 3.63) is 76.4 Å². The monoisotopic (exact) mass is 416 g/mol. The lowest BCUT2D eigenvalue weighted by Gasteiger charge is -2.09. The van der Waals surface area contributed by atoms with Crippen LogP contribution in [0.5, 0.6) is 0 Å². The molecule has 0 saturated heterocycles. The molecule has 0 radical (unpaired) electrons. The van der Waals surface area contributed by atoms with Crippen LogP contribution >= 0.6 is 0 Å². The number of carbonyl (C=O) groups excluding carboxylic acids is 1. The molecule has 0 N–H and O–H groups in total. The van der Waals surface area contributed by atoms with Crippen molar-refractivity contribution in [2.75, 3.05) is 0 Å². The van der Waals surface area contributed by atoms with Gasteiger partial charge in [0.15, 0.2) is 5.78 Å². The number of hydrogen-bond acceptors (Lipinski definition) is 6. The van der Waals surface area contributed by atoms with Gasteiger partial charge in [-0.1, -0.05) is 43.2 Å². The van der Waals surface area contributed by atoms with Crippen molar-refractivity contribution >= 4 is 17.4 Å². The van der Waals surface area contributed by atoms with Gasteiger partial charge in [-0.2, -0.15) is 4.68 Å². The van der Waals surface area contributed by atoms with Crippen molar-refractivity contribution in [1.82, 2.24) is 24.1 Å². The van der Waals surface area contributed by atoms with Crippen LogP contribution in [0.4, 0.5) is 5.82 Å². The molecule has 0 bridgehead atoms. The summed E-state index contributed by atoms with van der Waals surface area (Å²) in [6, 6.07) is 12.9. The third-order valence-corrected chi connectivity index (χ3v) is 5.66. The molecule has 0 atom stereocenters. The molecule has 9 nitrogen and oxygen atoms in total. The predicted octanol–water partition coefficient (Wildman–Crippen LogP) is 4.04. The minimum absolute atomic E-state index is 0.0274. The Morgan fingerprint density at radius 3 is 2.65 bits per heavy atom. The lowest BCUT2D eigenvalue weighted by atomic mass is 10.1. The Morgan fingerprint density at radius 2 is 1.90 bits per heavy atom. The SMILES string of the molecule is O=C(Cc1ccn2cc(-c3ccccc3)nc2n1)c1cc([N+](=O)[O-])nn1C1CCCC1. The number of Topliss-reactive ketones (excluding diaryl/α,β-unsaturated/α-hetero) is 1. The van der Waals surface area contributed by atoms with E-state index in [1.807, 2.05) is 47.1 Å². The van der Waals surface area contributed by atoms with Gasteiger partial charge in [0.2, 0.25) is 5.78 Å². The van der Waals surface area contributed by atoms with Crippen molar-refractivity contribution in [1.29, 1.82) is 0 Å². The van der Waals surface area contributed by atoms with Gasteiger partial charge < -0.3 is 10.1 Å². The first-order valence-electron chi connectivity index (χ1n) is 10.3. The van der Waals surface area contributed by atoms with Crippen LogP contribution in [0, 0.1) is 10.1 Å². The Morgan fingerprint density at radius 1 is 1.13 bits per heavy atom. The van der Waals surface area contributed by atoms with Gasteiger partial charge in [-0.15, -0.1) is 0 Å². The molecule has 3 heterocycles. The first kappa shape index (κ1) is 19.1. The van der Waals surface area contributed by atoms with Crippen molar-refractivity contribution < 1.29 is 9.72 Å². The van der Waals surface area contributed by atoms with Crippen LogP contribution in [0.2, 0.25) is 0 Å². The largest absolute Gasteiger partial charge is 0.390 e. The van der Waals surface area contributed by atoms with Crippen LogP contribution in [-0.2, 0) is 6.42 Å².